The summed E-state index contributed by atoms with van der Waals surface area (Å²) in [5.41, 5.74) is 6.22. The Morgan fingerprint density at radius 1 is 1.15 bits per heavy atom. The van der Waals surface area contributed by atoms with E-state index < -0.39 is 0 Å². The van der Waals surface area contributed by atoms with Gasteiger partial charge in [0.15, 0.2) is 0 Å². The Morgan fingerprint density at radius 2 is 1.80 bits per heavy atom. The Labute approximate surface area is 126 Å². The van der Waals surface area contributed by atoms with E-state index in [1.165, 1.54) is 0 Å². The van der Waals surface area contributed by atoms with Crippen LogP contribution in [0.25, 0.3) is 0 Å². The number of hydrogen-bond acceptors (Lipinski definition) is 4. The summed E-state index contributed by atoms with van der Waals surface area (Å²) >= 11 is 4.89. The molecule has 0 atom stereocenters. The molecule has 0 amide bonds. The highest BCUT2D eigenvalue weighted by atomic mass is 32.1. The highest BCUT2D eigenvalue weighted by molar-refractivity contribution is 7.80. The first-order valence-electron chi connectivity index (χ1n) is 6.60. The maximum atomic E-state index is 5.56. The molecular formula is C15H23NO3S. The van der Waals surface area contributed by atoms with Crippen LogP contribution in [0.1, 0.15) is 25.8 Å². The zero-order valence-electron chi connectivity index (χ0n) is 12.3. The topological polar surface area (TPSA) is 53.7 Å². The van der Waals surface area contributed by atoms with Crippen LogP contribution >= 0.6 is 12.2 Å². The largest absolute Gasteiger partial charge is 0.491 e. The molecule has 0 fully saturated rings. The van der Waals surface area contributed by atoms with Crippen molar-refractivity contribution in [1.82, 2.24) is 0 Å². The fourth-order valence-electron chi connectivity index (χ4n) is 1.46. The summed E-state index contributed by atoms with van der Waals surface area (Å²) in [4.78, 5) is 0.389. The molecule has 0 saturated heterocycles. The van der Waals surface area contributed by atoms with Crippen LogP contribution in [0.5, 0.6) is 5.75 Å². The highest BCUT2D eigenvalue weighted by Gasteiger charge is 2.15. The van der Waals surface area contributed by atoms with Crippen molar-refractivity contribution >= 4 is 17.2 Å². The van der Waals surface area contributed by atoms with Crippen LogP contribution in [-0.2, 0) is 9.47 Å². The molecule has 0 bridgehead atoms. The van der Waals surface area contributed by atoms with Gasteiger partial charge in [0, 0.05) is 19.3 Å². The van der Waals surface area contributed by atoms with Gasteiger partial charge in [-0.3, -0.25) is 0 Å². The molecule has 0 unspecified atom stereocenters. The van der Waals surface area contributed by atoms with Gasteiger partial charge in [-0.25, -0.2) is 0 Å². The average Bonchev–Trinajstić information content (AvgIpc) is 2.43. The zero-order chi connectivity index (χ0) is 15.0. The number of ether oxygens (including phenoxy) is 3. The van der Waals surface area contributed by atoms with E-state index >= 15 is 0 Å². The van der Waals surface area contributed by atoms with E-state index in [0.717, 1.165) is 17.7 Å². The van der Waals surface area contributed by atoms with Crippen molar-refractivity contribution in [3.63, 3.8) is 0 Å². The zero-order valence-corrected chi connectivity index (χ0v) is 13.2. The van der Waals surface area contributed by atoms with E-state index in [4.69, 9.17) is 32.2 Å². The lowest BCUT2D eigenvalue weighted by Gasteiger charge is -2.22. The van der Waals surface area contributed by atoms with Gasteiger partial charge in [0.05, 0.1) is 12.2 Å². The van der Waals surface area contributed by atoms with Gasteiger partial charge in [0.2, 0.25) is 0 Å². The van der Waals surface area contributed by atoms with E-state index in [-0.39, 0.29) is 5.60 Å². The molecular weight excluding hydrogens is 274 g/mol. The second-order valence-electron chi connectivity index (χ2n) is 5.06. The predicted molar refractivity (Wildman–Crippen MR) is 84.3 cm³/mol. The monoisotopic (exact) mass is 297 g/mol. The summed E-state index contributed by atoms with van der Waals surface area (Å²) in [6.45, 7) is 5.80. The molecule has 0 aliphatic carbocycles. The third-order valence-electron chi connectivity index (χ3n) is 3.04. The van der Waals surface area contributed by atoms with Crippen molar-refractivity contribution in [2.75, 3.05) is 26.9 Å². The number of methoxy groups -OCH3 is 1. The lowest BCUT2D eigenvalue weighted by atomic mass is 10.1. The SMILES string of the molecule is COC(C)(C)CCOCCOc1ccc(C(N)=S)cc1. The Morgan fingerprint density at radius 3 is 2.35 bits per heavy atom. The highest BCUT2D eigenvalue weighted by Crippen LogP contribution is 2.13. The standard InChI is InChI=1S/C15H23NO3S/c1-15(2,17-3)8-9-18-10-11-19-13-6-4-12(5-7-13)14(16)20/h4-7H,8-11H2,1-3H3,(H2,16,20). The van der Waals surface area contributed by atoms with Crippen molar-refractivity contribution in [2.45, 2.75) is 25.9 Å². The number of rotatable bonds is 9. The van der Waals surface area contributed by atoms with Gasteiger partial charge in [-0.05, 0) is 44.5 Å². The number of hydrogen-bond donors (Lipinski definition) is 1. The second kappa shape index (κ2) is 8.19. The molecule has 0 heterocycles. The van der Waals surface area contributed by atoms with Crippen molar-refractivity contribution < 1.29 is 14.2 Å². The van der Waals surface area contributed by atoms with E-state index in [1.54, 1.807) is 7.11 Å². The summed E-state index contributed by atoms with van der Waals surface area (Å²) in [7, 11) is 1.71. The lowest BCUT2D eigenvalue weighted by molar-refractivity contribution is -0.0128. The molecule has 5 heteroatoms. The Bertz CT molecular complexity index is 418. The van der Waals surface area contributed by atoms with Crippen LogP contribution in [-0.4, -0.2) is 37.5 Å². The van der Waals surface area contributed by atoms with Crippen molar-refractivity contribution in [3.05, 3.63) is 29.8 Å². The maximum absolute atomic E-state index is 5.56. The molecule has 0 spiro atoms. The fourth-order valence-corrected chi connectivity index (χ4v) is 1.59. The van der Waals surface area contributed by atoms with Gasteiger partial charge >= 0.3 is 0 Å². The first-order valence-corrected chi connectivity index (χ1v) is 7.01. The predicted octanol–water partition coefficient (Wildman–Crippen LogP) is 2.53. The second-order valence-corrected chi connectivity index (χ2v) is 5.50. The molecule has 4 nitrogen and oxygen atoms in total. The minimum atomic E-state index is -0.142. The minimum absolute atomic E-state index is 0.142. The first kappa shape index (κ1) is 16.9. The quantitative estimate of drug-likeness (QED) is 0.561. The molecule has 1 aromatic rings. The molecule has 20 heavy (non-hydrogen) atoms. The van der Waals surface area contributed by atoms with Crippen LogP contribution in [0, 0.1) is 0 Å². The van der Waals surface area contributed by atoms with Crippen LogP contribution in [0.2, 0.25) is 0 Å². The van der Waals surface area contributed by atoms with Gasteiger partial charge < -0.3 is 19.9 Å². The van der Waals surface area contributed by atoms with Gasteiger partial charge in [-0.1, -0.05) is 12.2 Å². The summed E-state index contributed by atoms with van der Waals surface area (Å²) in [5.74, 6) is 0.783. The summed E-state index contributed by atoms with van der Waals surface area (Å²) in [6.07, 6.45) is 0.853. The Balaban J connectivity index is 2.17. The van der Waals surface area contributed by atoms with Gasteiger partial charge in [-0.2, -0.15) is 0 Å². The minimum Gasteiger partial charge on any atom is -0.491 e. The molecule has 0 radical (unpaired) electrons. The third-order valence-corrected chi connectivity index (χ3v) is 3.27. The molecule has 112 valence electrons. The van der Waals surface area contributed by atoms with E-state index in [2.05, 4.69) is 0 Å². The van der Waals surface area contributed by atoms with Crippen LogP contribution in [0.3, 0.4) is 0 Å². The van der Waals surface area contributed by atoms with Crippen molar-refractivity contribution in [1.29, 1.82) is 0 Å². The normalized spacial score (nSPS) is 11.3. The first-order chi connectivity index (χ1) is 9.44. The lowest BCUT2D eigenvalue weighted by Crippen LogP contribution is -2.24. The maximum Gasteiger partial charge on any atom is 0.119 e. The summed E-state index contributed by atoms with van der Waals surface area (Å²) in [6, 6.07) is 7.39. The van der Waals surface area contributed by atoms with Gasteiger partial charge in [0.25, 0.3) is 0 Å². The number of benzene rings is 1. The van der Waals surface area contributed by atoms with Gasteiger partial charge in [0.1, 0.15) is 17.3 Å². The van der Waals surface area contributed by atoms with Gasteiger partial charge in [-0.15, -0.1) is 0 Å². The molecule has 0 saturated carbocycles. The molecule has 1 aromatic carbocycles. The van der Waals surface area contributed by atoms with E-state index in [1.807, 2.05) is 38.1 Å². The fraction of sp³-hybridized carbons (Fsp3) is 0.533. The number of thiocarbonyl (C=S) groups is 1. The molecule has 0 aliphatic rings. The Hall–Kier alpha value is -1.17. The van der Waals surface area contributed by atoms with E-state index in [0.29, 0.717) is 24.8 Å². The molecule has 1 rings (SSSR count). The van der Waals surface area contributed by atoms with Crippen molar-refractivity contribution in [3.8, 4) is 5.75 Å². The number of nitrogens with two attached hydrogens (primary N) is 1. The van der Waals surface area contributed by atoms with E-state index in [9.17, 15) is 0 Å². The third kappa shape index (κ3) is 6.32. The summed E-state index contributed by atoms with van der Waals surface area (Å²) in [5, 5.41) is 0. The molecule has 0 aromatic heterocycles. The molecule has 2 N–H and O–H groups in total. The smallest absolute Gasteiger partial charge is 0.119 e. The molecule has 0 aliphatic heterocycles. The van der Waals surface area contributed by atoms with Crippen LogP contribution < -0.4 is 10.5 Å². The Kier molecular flexibility index (Phi) is 6.91. The van der Waals surface area contributed by atoms with Crippen LogP contribution in [0.15, 0.2) is 24.3 Å². The summed E-state index contributed by atoms with van der Waals surface area (Å²) < 4.78 is 16.4. The average molecular weight is 297 g/mol. The van der Waals surface area contributed by atoms with Crippen molar-refractivity contribution in [2.24, 2.45) is 5.73 Å². The van der Waals surface area contributed by atoms with Crippen LogP contribution in [0.4, 0.5) is 0 Å².